The van der Waals surface area contributed by atoms with Crippen LogP contribution in [0.4, 0.5) is 0 Å². The molecule has 1 heterocycles. The molecule has 0 bridgehead atoms. The molecule has 2 fully saturated rings. The Kier molecular flexibility index (Phi) is 4.40. The summed E-state index contributed by atoms with van der Waals surface area (Å²) >= 11 is 0. The van der Waals surface area contributed by atoms with E-state index in [4.69, 9.17) is 10.4 Å². The summed E-state index contributed by atoms with van der Waals surface area (Å²) in [5, 5.41) is 13.9. The van der Waals surface area contributed by atoms with Crippen molar-refractivity contribution in [3.8, 4) is 17.3 Å². The molecule has 0 saturated heterocycles. The van der Waals surface area contributed by atoms with Crippen molar-refractivity contribution in [1.82, 2.24) is 9.78 Å². The Morgan fingerprint density at radius 2 is 1.92 bits per heavy atom. The van der Waals surface area contributed by atoms with Crippen molar-refractivity contribution in [2.75, 3.05) is 0 Å². The largest absolute Gasteiger partial charge is 0.292 e. The van der Waals surface area contributed by atoms with Gasteiger partial charge < -0.3 is 0 Å². The Hall–Kier alpha value is -2.41. The molecule has 26 heavy (non-hydrogen) atoms. The van der Waals surface area contributed by atoms with Gasteiger partial charge in [-0.05, 0) is 57.1 Å². The van der Waals surface area contributed by atoms with Crippen molar-refractivity contribution >= 4 is 5.78 Å². The number of nitriles is 1. The summed E-state index contributed by atoms with van der Waals surface area (Å²) in [5.41, 5.74) is 4.56. The molecular weight excluding hydrogens is 322 g/mol. The predicted octanol–water partition coefficient (Wildman–Crippen LogP) is 5.25. The summed E-state index contributed by atoms with van der Waals surface area (Å²) < 4.78 is 1.94. The molecule has 4 heteroatoms. The monoisotopic (exact) mass is 347 g/mol. The molecule has 0 atom stereocenters. The molecule has 0 radical (unpaired) electrons. The number of carbonyl (C=O) groups is 1. The molecule has 2 saturated carbocycles. The number of hydrogen-bond donors (Lipinski definition) is 0. The Morgan fingerprint density at radius 1 is 1.23 bits per heavy atom. The second kappa shape index (κ2) is 6.72. The molecule has 0 unspecified atom stereocenters. The lowest BCUT2D eigenvalue weighted by molar-refractivity contribution is 0.0964. The van der Waals surface area contributed by atoms with Gasteiger partial charge in [0, 0.05) is 23.6 Å². The summed E-state index contributed by atoms with van der Waals surface area (Å²) in [6, 6.07) is 9.88. The Bertz CT molecular complexity index is 862. The number of rotatable bonds is 7. The highest BCUT2D eigenvalue weighted by Gasteiger charge is 2.36. The van der Waals surface area contributed by atoms with Crippen LogP contribution >= 0.6 is 0 Å². The average Bonchev–Trinajstić information content (AvgIpc) is 3.57. The van der Waals surface area contributed by atoms with Crippen molar-refractivity contribution in [3.05, 3.63) is 41.1 Å². The molecule has 2 aromatic rings. The fraction of sp³-hybridized carbons (Fsp3) is 0.500. The van der Waals surface area contributed by atoms with E-state index in [1.165, 1.54) is 12.8 Å². The van der Waals surface area contributed by atoms with Crippen LogP contribution in [-0.2, 0) is 0 Å². The molecule has 0 spiro atoms. The van der Waals surface area contributed by atoms with Crippen LogP contribution in [0.1, 0.15) is 85.9 Å². The first-order chi connectivity index (χ1) is 12.6. The number of ketones is 1. The minimum Gasteiger partial charge on any atom is -0.292 e. The fourth-order valence-electron chi connectivity index (χ4n) is 3.63. The van der Waals surface area contributed by atoms with Crippen molar-refractivity contribution in [1.29, 1.82) is 5.26 Å². The highest BCUT2D eigenvalue weighted by Crippen LogP contribution is 2.47. The number of hydrogen-bond acceptors (Lipinski definition) is 3. The summed E-state index contributed by atoms with van der Waals surface area (Å²) in [6.45, 7) is 4.17. The minimum absolute atomic E-state index is 0.152. The van der Waals surface area contributed by atoms with Crippen molar-refractivity contribution < 1.29 is 4.79 Å². The second-order valence-corrected chi connectivity index (χ2v) is 8.02. The lowest BCUT2D eigenvalue weighted by atomic mass is 9.97. The SMILES string of the molecule is CC(C)n1nc(-c2ccc(C#N)cc2)c(C2CC2)c1C(=O)CCC1CC1. The van der Waals surface area contributed by atoms with Crippen LogP contribution < -0.4 is 0 Å². The predicted molar refractivity (Wildman–Crippen MR) is 101 cm³/mol. The zero-order chi connectivity index (χ0) is 18.3. The number of benzene rings is 1. The lowest BCUT2D eigenvalue weighted by Crippen LogP contribution is -2.14. The first-order valence-electron chi connectivity index (χ1n) is 9.74. The molecule has 1 aromatic carbocycles. The maximum absolute atomic E-state index is 13.1. The Balaban J connectivity index is 1.76. The standard InChI is InChI=1S/C22H25N3O/c1-14(2)25-22(19(26)12-7-15-3-4-15)20(17-10-11-17)21(24-25)18-8-5-16(13-23)6-9-18/h5-6,8-9,14-15,17H,3-4,7,10-12H2,1-2H3. The highest BCUT2D eigenvalue weighted by atomic mass is 16.1. The van der Waals surface area contributed by atoms with Crippen LogP contribution in [0, 0.1) is 17.2 Å². The zero-order valence-corrected chi connectivity index (χ0v) is 15.5. The number of Topliss-reactive ketones (excluding diaryl/α,β-unsaturated/α-hetero) is 1. The van der Waals surface area contributed by atoms with E-state index in [1.807, 2.05) is 28.9 Å². The van der Waals surface area contributed by atoms with E-state index >= 15 is 0 Å². The quantitative estimate of drug-likeness (QED) is 0.642. The molecule has 134 valence electrons. The van der Waals surface area contributed by atoms with Gasteiger partial charge >= 0.3 is 0 Å². The maximum Gasteiger partial charge on any atom is 0.181 e. The Labute approximate surface area is 154 Å². The normalized spacial score (nSPS) is 16.7. The maximum atomic E-state index is 13.1. The van der Waals surface area contributed by atoms with Crippen LogP contribution in [0.15, 0.2) is 24.3 Å². The molecule has 1 aromatic heterocycles. The highest BCUT2D eigenvalue weighted by molar-refractivity contribution is 5.98. The van der Waals surface area contributed by atoms with Gasteiger partial charge in [0.25, 0.3) is 0 Å². The molecule has 0 aliphatic heterocycles. The topological polar surface area (TPSA) is 58.7 Å². The third-order valence-corrected chi connectivity index (χ3v) is 5.45. The van der Waals surface area contributed by atoms with Crippen LogP contribution in [0.2, 0.25) is 0 Å². The van der Waals surface area contributed by atoms with Crippen LogP contribution in [0.5, 0.6) is 0 Å². The van der Waals surface area contributed by atoms with E-state index in [9.17, 15) is 4.79 Å². The zero-order valence-electron chi connectivity index (χ0n) is 15.5. The van der Waals surface area contributed by atoms with Crippen LogP contribution in [-0.4, -0.2) is 15.6 Å². The van der Waals surface area contributed by atoms with E-state index in [2.05, 4.69) is 19.9 Å². The van der Waals surface area contributed by atoms with Crippen molar-refractivity contribution in [2.24, 2.45) is 5.92 Å². The van der Waals surface area contributed by atoms with Crippen molar-refractivity contribution in [3.63, 3.8) is 0 Å². The van der Waals surface area contributed by atoms with Gasteiger partial charge in [-0.1, -0.05) is 25.0 Å². The molecule has 2 aliphatic rings. The number of aromatic nitrogens is 2. The minimum atomic E-state index is 0.152. The smallest absolute Gasteiger partial charge is 0.181 e. The molecule has 4 nitrogen and oxygen atoms in total. The van der Waals surface area contributed by atoms with E-state index in [-0.39, 0.29) is 11.8 Å². The van der Waals surface area contributed by atoms with Gasteiger partial charge in [-0.2, -0.15) is 10.4 Å². The van der Waals surface area contributed by atoms with Gasteiger partial charge in [-0.25, -0.2) is 0 Å². The van der Waals surface area contributed by atoms with Crippen LogP contribution in [0.25, 0.3) is 11.3 Å². The van der Waals surface area contributed by atoms with Gasteiger partial charge in [0.1, 0.15) is 5.69 Å². The summed E-state index contributed by atoms with van der Waals surface area (Å²) in [4.78, 5) is 13.1. The number of carbonyl (C=O) groups excluding carboxylic acids is 1. The number of nitrogens with zero attached hydrogens (tertiary/aromatic N) is 3. The average molecular weight is 347 g/mol. The first kappa shape index (κ1) is 17.0. The molecule has 4 rings (SSSR count). The lowest BCUT2D eigenvalue weighted by Gasteiger charge is -2.11. The third-order valence-electron chi connectivity index (χ3n) is 5.45. The van der Waals surface area contributed by atoms with Gasteiger partial charge in [0.2, 0.25) is 0 Å². The van der Waals surface area contributed by atoms with Gasteiger partial charge in [0.15, 0.2) is 5.78 Å². The molecular formula is C22H25N3O. The van der Waals surface area contributed by atoms with E-state index in [1.54, 1.807) is 0 Å². The summed E-state index contributed by atoms with van der Waals surface area (Å²) in [7, 11) is 0. The van der Waals surface area contributed by atoms with Gasteiger partial charge in [0.05, 0.1) is 17.3 Å². The second-order valence-electron chi connectivity index (χ2n) is 8.02. The van der Waals surface area contributed by atoms with Gasteiger partial charge in [-0.3, -0.25) is 9.48 Å². The molecule has 0 N–H and O–H groups in total. The van der Waals surface area contributed by atoms with E-state index < -0.39 is 0 Å². The summed E-state index contributed by atoms with van der Waals surface area (Å²) in [6.07, 6.45) is 6.48. The van der Waals surface area contributed by atoms with Crippen molar-refractivity contribution in [2.45, 2.75) is 64.3 Å². The molecule has 2 aliphatic carbocycles. The molecule has 0 amide bonds. The van der Waals surface area contributed by atoms with E-state index in [0.717, 1.165) is 47.7 Å². The summed E-state index contributed by atoms with van der Waals surface area (Å²) in [5.74, 6) is 1.46. The van der Waals surface area contributed by atoms with Gasteiger partial charge in [-0.15, -0.1) is 0 Å². The third kappa shape index (κ3) is 3.31. The Morgan fingerprint density at radius 3 is 2.46 bits per heavy atom. The fourth-order valence-corrected chi connectivity index (χ4v) is 3.63. The first-order valence-corrected chi connectivity index (χ1v) is 9.74. The van der Waals surface area contributed by atoms with Crippen LogP contribution in [0.3, 0.4) is 0 Å². The van der Waals surface area contributed by atoms with E-state index in [0.29, 0.717) is 17.9 Å².